The minimum Gasteiger partial charge on any atom is -0.334 e. The molecule has 0 aliphatic carbocycles. The third-order valence-corrected chi connectivity index (χ3v) is 2.90. The summed E-state index contributed by atoms with van der Waals surface area (Å²) in [4.78, 5) is 24.7. The number of anilines is 1. The molecule has 7 heteroatoms. The van der Waals surface area contributed by atoms with Crippen molar-refractivity contribution < 1.29 is 14.0 Å². The van der Waals surface area contributed by atoms with Gasteiger partial charge in [-0.3, -0.25) is 9.59 Å². The van der Waals surface area contributed by atoms with Crippen LogP contribution in [0.25, 0.3) is 0 Å². The summed E-state index contributed by atoms with van der Waals surface area (Å²) in [5.41, 5.74) is 0.0923. The van der Waals surface area contributed by atoms with Crippen LogP contribution in [0.15, 0.2) is 18.2 Å². The molecule has 0 fully saturated rings. The van der Waals surface area contributed by atoms with E-state index in [4.69, 9.17) is 16.9 Å². The van der Waals surface area contributed by atoms with Crippen LogP contribution in [0.5, 0.6) is 0 Å². The molecule has 5 nitrogen and oxygen atoms in total. The van der Waals surface area contributed by atoms with Crippen molar-refractivity contribution in [1.82, 2.24) is 4.90 Å². The zero-order valence-corrected chi connectivity index (χ0v) is 11.7. The molecule has 0 aliphatic heterocycles. The molecular formula is C13H13ClFN3O2. The Balaban J connectivity index is 2.75. The molecule has 106 valence electrons. The maximum atomic E-state index is 13.1. The standard InChI is InChI=1S/C13H13ClFN3O2/c1-8(3-4-16)18(2)13(20)12(19)17-11-6-9(14)5-10(15)7-11/h5-8H,3H2,1-2H3,(H,17,19). The number of nitrogens with one attached hydrogen (secondary N) is 1. The van der Waals surface area contributed by atoms with Crippen LogP contribution in [0.1, 0.15) is 13.3 Å². The first-order chi connectivity index (χ1) is 9.35. The molecule has 0 aromatic heterocycles. The van der Waals surface area contributed by atoms with Crippen molar-refractivity contribution in [2.45, 2.75) is 19.4 Å². The second-order valence-corrected chi connectivity index (χ2v) is 4.68. The Kier molecular flexibility index (Phi) is 5.47. The minimum absolute atomic E-state index is 0.0923. The molecule has 1 N–H and O–H groups in total. The van der Waals surface area contributed by atoms with Gasteiger partial charge in [-0.1, -0.05) is 11.6 Å². The third-order valence-electron chi connectivity index (χ3n) is 2.68. The van der Waals surface area contributed by atoms with Gasteiger partial charge in [0.1, 0.15) is 5.82 Å². The van der Waals surface area contributed by atoms with E-state index in [9.17, 15) is 14.0 Å². The van der Waals surface area contributed by atoms with Crippen LogP contribution in [0.2, 0.25) is 5.02 Å². The smallest absolute Gasteiger partial charge is 0.313 e. The molecule has 0 aliphatic rings. The Labute approximate surface area is 120 Å². The molecule has 0 radical (unpaired) electrons. The largest absolute Gasteiger partial charge is 0.334 e. The van der Waals surface area contributed by atoms with E-state index in [1.54, 1.807) is 6.92 Å². The van der Waals surface area contributed by atoms with E-state index in [1.807, 2.05) is 6.07 Å². The van der Waals surface area contributed by atoms with Gasteiger partial charge in [0.05, 0.1) is 12.5 Å². The molecule has 0 spiro atoms. The van der Waals surface area contributed by atoms with Gasteiger partial charge in [0.15, 0.2) is 0 Å². The van der Waals surface area contributed by atoms with Gasteiger partial charge >= 0.3 is 11.8 Å². The predicted octanol–water partition coefficient (Wildman–Crippen LogP) is 2.18. The lowest BCUT2D eigenvalue weighted by atomic mass is 10.2. The zero-order valence-electron chi connectivity index (χ0n) is 11.0. The van der Waals surface area contributed by atoms with E-state index >= 15 is 0 Å². The summed E-state index contributed by atoms with van der Waals surface area (Å²) in [6.07, 6.45) is 0.112. The number of hydrogen-bond donors (Lipinski definition) is 1. The quantitative estimate of drug-likeness (QED) is 0.869. The van der Waals surface area contributed by atoms with E-state index in [-0.39, 0.29) is 17.1 Å². The van der Waals surface area contributed by atoms with E-state index in [2.05, 4.69) is 5.32 Å². The lowest BCUT2D eigenvalue weighted by Crippen LogP contribution is -2.42. The van der Waals surface area contributed by atoms with Crippen molar-refractivity contribution in [2.75, 3.05) is 12.4 Å². The molecule has 0 saturated heterocycles. The average Bonchev–Trinajstić information content (AvgIpc) is 2.35. The highest BCUT2D eigenvalue weighted by Gasteiger charge is 2.22. The summed E-state index contributed by atoms with van der Waals surface area (Å²) in [5, 5.41) is 10.9. The Morgan fingerprint density at radius 2 is 2.15 bits per heavy atom. The summed E-state index contributed by atoms with van der Waals surface area (Å²) >= 11 is 5.64. The SMILES string of the molecule is CC(CC#N)N(C)C(=O)C(=O)Nc1cc(F)cc(Cl)c1. The first-order valence-electron chi connectivity index (χ1n) is 5.76. The number of halogens is 2. The summed E-state index contributed by atoms with van der Waals surface area (Å²) in [6.45, 7) is 1.65. The van der Waals surface area contributed by atoms with Gasteiger partial charge in [-0.15, -0.1) is 0 Å². The van der Waals surface area contributed by atoms with Crippen LogP contribution in [-0.2, 0) is 9.59 Å². The fraction of sp³-hybridized carbons (Fsp3) is 0.308. The summed E-state index contributed by atoms with van der Waals surface area (Å²) < 4.78 is 13.1. The molecule has 1 unspecified atom stereocenters. The molecule has 0 heterocycles. The molecular weight excluding hydrogens is 285 g/mol. The molecule has 1 atom stereocenters. The first-order valence-corrected chi connectivity index (χ1v) is 6.14. The number of hydrogen-bond acceptors (Lipinski definition) is 3. The van der Waals surface area contributed by atoms with Crippen LogP contribution in [-0.4, -0.2) is 29.8 Å². The highest BCUT2D eigenvalue weighted by Crippen LogP contribution is 2.18. The number of benzene rings is 1. The van der Waals surface area contributed by atoms with E-state index < -0.39 is 23.7 Å². The maximum Gasteiger partial charge on any atom is 0.313 e. The second kappa shape index (κ2) is 6.87. The van der Waals surface area contributed by atoms with Crippen LogP contribution >= 0.6 is 11.6 Å². The molecule has 0 saturated carbocycles. The van der Waals surface area contributed by atoms with Crippen molar-refractivity contribution in [2.24, 2.45) is 0 Å². The van der Waals surface area contributed by atoms with Gasteiger partial charge in [0.2, 0.25) is 0 Å². The van der Waals surface area contributed by atoms with Crippen molar-refractivity contribution >= 4 is 29.1 Å². The number of carbonyl (C=O) groups is 2. The fourth-order valence-electron chi connectivity index (χ4n) is 1.44. The van der Waals surface area contributed by atoms with Crippen LogP contribution in [0.3, 0.4) is 0 Å². The third kappa shape index (κ3) is 4.21. The van der Waals surface area contributed by atoms with Crippen LogP contribution in [0, 0.1) is 17.1 Å². The highest BCUT2D eigenvalue weighted by atomic mass is 35.5. The van der Waals surface area contributed by atoms with Crippen molar-refractivity contribution in [3.05, 3.63) is 29.0 Å². The Morgan fingerprint density at radius 3 is 2.70 bits per heavy atom. The van der Waals surface area contributed by atoms with Crippen molar-refractivity contribution in [3.63, 3.8) is 0 Å². The molecule has 1 rings (SSSR count). The lowest BCUT2D eigenvalue weighted by Gasteiger charge is -2.22. The van der Waals surface area contributed by atoms with Gasteiger partial charge in [-0.05, 0) is 25.1 Å². The number of amides is 2. The van der Waals surface area contributed by atoms with Gasteiger partial charge in [0, 0.05) is 23.8 Å². The maximum absolute atomic E-state index is 13.1. The van der Waals surface area contributed by atoms with Crippen LogP contribution in [0.4, 0.5) is 10.1 Å². The number of carbonyl (C=O) groups excluding carboxylic acids is 2. The summed E-state index contributed by atoms with van der Waals surface area (Å²) in [6, 6.07) is 4.98. The fourth-order valence-corrected chi connectivity index (χ4v) is 1.66. The summed E-state index contributed by atoms with van der Waals surface area (Å²) in [7, 11) is 1.42. The average molecular weight is 298 g/mol. The molecule has 1 aromatic rings. The molecule has 0 bridgehead atoms. The lowest BCUT2D eigenvalue weighted by molar-refractivity contribution is -0.143. The molecule has 1 aromatic carbocycles. The van der Waals surface area contributed by atoms with Gasteiger partial charge in [0.25, 0.3) is 0 Å². The first kappa shape index (κ1) is 15.9. The van der Waals surface area contributed by atoms with Gasteiger partial charge in [-0.25, -0.2) is 4.39 Å². The molecule has 2 amide bonds. The Bertz CT molecular complexity index is 551. The highest BCUT2D eigenvalue weighted by molar-refractivity contribution is 6.39. The second-order valence-electron chi connectivity index (χ2n) is 4.24. The topological polar surface area (TPSA) is 73.2 Å². The van der Waals surface area contributed by atoms with E-state index in [1.165, 1.54) is 13.1 Å². The normalized spacial score (nSPS) is 11.3. The van der Waals surface area contributed by atoms with Crippen LogP contribution < -0.4 is 5.32 Å². The number of likely N-dealkylation sites (N-methyl/N-ethyl adjacent to an activating group) is 1. The van der Waals surface area contributed by atoms with E-state index in [0.29, 0.717) is 0 Å². The Morgan fingerprint density at radius 1 is 1.50 bits per heavy atom. The Hall–Kier alpha value is -2.13. The summed E-state index contributed by atoms with van der Waals surface area (Å²) in [5.74, 6) is -2.35. The van der Waals surface area contributed by atoms with Crippen molar-refractivity contribution in [1.29, 1.82) is 5.26 Å². The monoisotopic (exact) mass is 297 g/mol. The predicted molar refractivity (Wildman–Crippen MR) is 72.5 cm³/mol. The number of rotatable bonds is 3. The molecule has 20 heavy (non-hydrogen) atoms. The zero-order chi connectivity index (χ0) is 15.3. The van der Waals surface area contributed by atoms with E-state index in [0.717, 1.165) is 17.0 Å². The van der Waals surface area contributed by atoms with Crippen molar-refractivity contribution in [3.8, 4) is 6.07 Å². The van der Waals surface area contributed by atoms with Gasteiger partial charge < -0.3 is 10.2 Å². The van der Waals surface area contributed by atoms with Gasteiger partial charge in [-0.2, -0.15) is 5.26 Å². The number of nitrogens with zero attached hydrogens (tertiary/aromatic N) is 2. The minimum atomic E-state index is -0.918. The number of nitriles is 1.